The van der Waals surface area contributed by atoms with E-state index in [1.54, 1.807) is 0 Å². The second-order valence-electron chi connectivity index (χ2n) is 2.49. The quantitative estimate of drug-likeness (QED) is 0.445. The summed E-state index contributed by atoms with van der Waals surface area (Å²) < 4.78 is 5.17. The van der Waals surface area contributed by atoms with Crippen LogP contribution >= 0.6 is 0 Å². The highest BCUT2D eigenvalue weighted by molar-refractivity contribution is 4.65. The van der Waals surface area contributed by atoms with Crippen molar-refractivity contribution >= 4 is 0 Å². The van der Waals surface area contributed by atoms with E-state index in [0.29, 0.717) is 0 Å². The molecule has 42 valence electrons. The summed E-state index contributed by atoms with van der Waals surface area (Å²) in [6.45, 7) is 6.41. The highest BCUT2D eigenvalue weighted by Crippen LogP contribution is 2.17. The lowest BCUT2D eigenvalue weighted by Gasteiger charge is -2.01. The largest absolute Gasteiger partial charge is 0.381 e. The first-order valence-corrected chi connectivity index (χ1v) is 2.88. The molecule has 1 nitrogen and oxygen atoms in total. The molecule has 0 aromatic carbocycles. The van der Waals surface area contributed by atoms with E-state index in [-0.39, 0.29) is 0 Å². The fourth-order valence-electron chi connectivity index (χ4n) is 0.768. The molecule has 7 heavy (non-hydrogen) atoms. The highest BCUT2D eigenvalue weighted by Gasteiger charge is 2.18. The Morgan fingerprint density at radius 1 is 1.14 bits per heavy atom. The Bertz CT molecular complexity index is 53.2. The maximum absolute atomic E-state index is 5.17. The van der Waals surface area contributed by atoms with Crippen molar-refractivity contribution in [2.24, 2.45) is 11.8 Å². The monoisotopic (exact) mass is 100 g/mol. The third-order valence-electron chi connectivity index (χ3n) is 1.73. The molecule has 0 spiro atoms. The lowest BCUT2D eigenvalue weighted by Crippen LogP contribution is -2.01. The van der Waals surface area contributed by atoms with Crippen LogP contribution in [0.1, 0.15) is 13.8 Å². The Morgan fingerprint density at radius 2 is 1.57 bits per heavy atom. The van der Waals surface area contributed by atoms with Crippen molar-refractivity contribution in [1.29, 1.82) is 0 Å². The van der Waals surface area contributed by atoms with Crippen LogP contribution in [-0.2, 0) is 4.74 Å². The van der Waals surface area contributed by atoms with Gasteiger partial charge < -0.3 is 4.74 Å². The second-order valence-corrected chi connectivity index (χ2v) is 2.49. The van der Waals surface area contributed by atoms with Crippen LogP contribution in [0.4, 0.5) is 0 Å². The van der Waals surface area contributed by atoms with Gasteiger partial charge in [0.25, 0.3) is 0 Å². The second kappa shape index (κ2) is 1.83. The molecule has 1 aliphatic rings. The van der Waals surface area contributed by atoms with Gasteiger partial charge in [0, 0.05) is 13.2 Å². The molecule has 1 rings (SSSR count). The van der Waals surface area contributed by atoms with Gasteiger partial charge in [0.1, 0.15) is 0 Å². The minimum atomic E-state index is 0.792. The number of rotatable bonds is 0. The van der Waals surface area contributed by atoms with Crippen LogP contribution in [0.3, 0.4) is 0 Å². The summed E-state index contributed by atoms with van der Waals surface area (Å²) in [6, 6.07) is 0. The van der Waals surface area contributed by atoms with Crippen LogP contribution in [-0.4, -0.2) is 13.2 Å². The standard InChI is InChI=1S/C6H12O/c1-5-3-7-4-6(5)2/h5-6H,3-4H2,1-2H3/t5-,6-/m1/s1. The zero-order valence-corrected chi connectivity index (χ0v) is 4.98. The van der Waals surface area contributed by atoms with E-state index in [2.05, 4.69) is 13.8 Å². The summed E-state index contributed by atoms with van der Waals surface area (Å²) in [5, 5.41) is 0. The molecule has 0 saturated carbocycles. The first-order valence-electron chi connectivity index (χ1n) is 2.88. The number of hydrogen-bond donors (Lipinski definition) is 0. The van der Waals surface area contributed by atoms with Crippen LogP contribution in [0.2, 0.25) is 0 Å². The molecular weight excluding hydrogens is 88.1 g/mol. The van der Waals surface area contributed by atoms with E-state index in [9.17, 15) is 0 Å². The summed E-state index contributed by atoms with van der Waals surface area (Å²) in [4.78, 5) is 0. The smallest absolute Gasteiger partial charge is 0.0495 e. The van der Waals surface area contributed by atoms with Gasteiger partial charge in [-0.1, -0.05) is 13.8 Å². The van der Waals surface area contributed by atoms with E-state index in [1.807, 2.05) is 0 Å². The van der Waals surface area contributed by atoms with Gasteiger partial charge in [0.15, 0.2) is 0 Å². The van der Waals surface area contributed by atoms with Crippen molar-refractivity contribution in [2.75, 3.05) is 13.2 Å². The molecule has 2 atom stereocenters. The molecule has 1 fully saturated rings. The molecule has 0 aromatic heterocycles. The summed E-state index contributed by atoms with van der Waals surface area (Å²) in [5.41, 5.74) is 0. The minimum absolute atomic E-state index is 0.792. The maximum Gasteiger partial charge on any atom is 0.0495 e. The fourth-order valence-corrected chi connectivity index (χ4v) is 0.768. The lowest BCUT2D eigenvalue weighted by molar-refractivity contribution is 0.183. The molecule has 0 amide bonds. The molecule has 0 aromatic rings. The molecular formula is C6H12O. The average molecular weight is 100 g/mol. The van der Waals surface area contributed by atoms with E-state index < -0.39 is 0 Å². The lowest BCUT2D eigenvalue weighted by atomic mass is 10.0. The van der Waals surface area contributed by atoms with Crippen molar-refractivity contribution < 1.29 is 4.74 Å². The summed E-state index contributed by atoms with van der Waals surface area (Å²) in [5.74, 6) is 1.58. The predicted octanol–water partition coefficient (Wildman–Crippen LogP) is 1.29. The SMILES string of the molecule is C[C@@H]1COC[C@H]1C. The van der Waals surface area contributed by atoms with E-state index >= 15 is 0 Å². The molecule has 0 bridgehead atoms. The molecule has 0 radical (unpaired) electrons. The molecule has 0 unspecified atom stereocenters. The van der Waals surface area contributed by atoms with Crippen molar-refractivity contribution in [1.82, 2.24) is 0 Å². The molecule has 1 heterocycles. The van der Waals surface area contributed by atoms with E-state index in [4.69, 9.17) is 4.74 Å². The van der Waals surface area contributed by atoms with Crippen LogP contribution in [0.25, 0.3) is 0 Å². The van der Waals surface area contributed by atoms with E-state index in [1.165, 1.54) is 0 Å². The first kappa shape index (κ1) is 5.10. The Balaban J connectivity index is 2.33. The zero-order valence-electron chi connectivity index (χ0n) is 4.98. The summed E-state index contributed by atoms with van der Waals surface area (Å²) in [6.07, 6.45) is 0. The molecule has 1 saturated heterocycles. The van der Waals surface area contributed by atoms with Gasteiger partial charge in [-0.15, -0.1) is 0 Å². The molecule has 1 heteroatoms. The van der Waals surface area contributed by atoms with Crippen molar-refractivity contribution in [3.05, 3.63) is 0 Å². The average Bonchev–Trinajstić information content (AvgIpc) is 1.91. The minimum Gasteiger partial charge on any atom is -0.381 e. The third-order valence-corrected chi connectivity index (χ3v) is 1.73. The van der Waals surface area contributed by atoms with Crippen LogP contribution in [0.5, 0.6) is 0 Å². The summed E-state index contributed by atoms with van der Waals surface area (Å²) >= 11 is 0. The Hall–Kier alpha value is -0.0400. The van der Waals surface area contributed by atoms with Gasteiger partial charge in [0.05, 0.1) is 0 Å². The fraction of sp³-hybridized carbons (Fsp3) is 1.00. The van der Waals surface area contributed by atoms with Gasteiger partial charge in [-0.05, 0) is 11.8 Å². The molecule has 0 aliphatic carbocycles. The van der Waals surface area contributed by atoms with Crippen molar-refractivity contribution in [2.45, 2.75) is 13.8 Å². The van der Waals surface area contributed by atoms with Gasteiger partial charge in [-0.2, -0.15) is 0 Å². The number of ether oxygens (including phenoxy) is 1. The van der Waals surface area contributed by atoms with Gasteiger partial charge in [-0.25, -0.2) is 0 Å². The van der Waals surface area contributed by atoms with Crippen LogP contribution in [0, 0.1) is 11.8 Å². The topological polar surface area (TPSA) is 9.23 Å². The number of hydrogen-bond acceptors (Lipinski definition) is 1. The molecule has 0 N–H and O–H groups in total. The Kier molecular flexibility index (Phi) is 1.33. The van der Waals surface area contributed by atoms with Crippen LogP contribution < -0.4 is 0 Å². The maximum atomic E-state index is 5.17. The van der Waals surface area contributed by atoms with Gasteiger partial charge >= 0.3 is 0 Å². The summed E-state index contributed by atoms with van der Waals surface area (Å²) in [7, 11) is 0. The Labute approximate surface area is 44.7 Å². The van der Waals surface area contributed by atoms with Crippen molar-refractivity contribution in [3.8, 4) is 0 Å². The normalized spacial score (nSPS) is 42.0. The van der Waals surface area contributed by atoms with Gasteiger partial charge in [-0.3, -0.25) is 0 Å². The van der Waals surface area contributed by atoms with Gasteiger partial charge in [0.2, 0.25) is 0 Å². The van der Waals surface area contributed by atoms with E-state index in [0.717, 1.165) is 25.0 Å². The first-order chi connectivity index (χ1) is 3.30. The Morgan fingerprint density at radius 3 is 1.71 bits per heavy atom. The third kappa shape index (κ3) is 0.942. The molecule has 1 aliphatic heterocycles. The predicted molar refractivity (Wildman–Crippen MR) is 29.1 cm³/mol. The zero-order chi connectivity index (χ0) is 5.28. The highest BCUT2D eigenvalue weighted by atomic mass is 16.5. The van der Waals surface area contributed by atoms with Crippen LogP contribution in [0.15, 0.2) is 0 Å². The van der Waals surface area contributed by atoms with Crippen molar-refractivity contribution in [3.63, 3.8) is 0 Å².